The van der Waals surface area contributed by atoms with Crippen LogP contribution in [0.25, 0.3) is 0 Å². The molecule has 96 valence electrons. The summed E-state index contributed by atoms with van der Waals surface area (Å²) in [7, 11) is 0. The molecule has 5 nitrogen and oxygen atoms in total. The lowest BCUT2D eigenvalue weighted by Crippen LogP contribution is -2.44. The number of nitrogens with one attached hydrogen (secondary N) is 3. The van der Waals surface area contributed by atoms with Crippen molar-refractivity contribution in [3.05, 3.63) is 33.2 Å². The van der Waals surface area contributed by atoms with Crippen molar-refractivity contribution in [1.29, 1.82) is 0 Å². The highest BCUT2D eigenvalue weighted by Crippen LogP contribution is 2.31. The van der Waals surface area contributed by atoms with Crippen LogP contribution in [-0.2, 0) is 0 Å². The molecule has 1 aliphatic heterocycles. The van der Waals surface area contributed by atoms with E-state index in [2.05, 4.69) is 15.6 Å². The van der Waals surface area contributed by atoms with E-state index in [1.165, 1.54) is 12.1 Å². The highest BCUT2D eigenvalue weighted by Gasteiger charge is 2.40. The Morgan fingerprint density at radius 2 is 2.22 bits per heavy atom. The molecule has 3 unspecified atom stereocenters. The molecular formula is C12H14ClN3O2. The summed E-state index contributed by atoms with van der Waals surface area (Å²) < 4.78 is 0. The number of rotatable bonds is 2. The van der Waals surface area contributed by atoms with E-state index in [1.54, 1.807) is 0 Å². The molecule has 2 aliphatic rings. The van der Waals surface area contributed by atoms with E-state index in [0.29, 0.717) is 12.0 Å². The van der Waals surface area contributed by atoms with Crippen LogP contribution >= 0.6 is 11.6 Å². The van der Waals surface area contributed by atoms with Gasteiger partial charge in [-0.3, -0.25) is 9.59 Å². The molecule has 1 aromatic heterocycles. The molecule has 0 aromatic carbocycles. The van der Waals surface area contributed by atoms with Gasteiger partial charge in [0.05, 0.1) is 0 Å². The number of amides is 1. The minimum atomic E-state index is -0.432. The van der Waals surface area contributed by atoms with Crippen LogP contribution in [0.4, 0.5) is 0 Å². The topological polar surface area (TPSA) is 74.0 Å². The Bertz CT molecular complexity index is 542. The molecule has 3 rings (SSSR count). The molecule has 1 saturated heterocycles. The number of hydrogen-bond donors (Lipinski definition) is 3. The van der Waals surface area contributed by atoms with Gasteiger partial charge in [0.25, 0.3) is 11.5 Å². The zero-order valence-corrected chi connectivity index (χ0v) is 10.5. The Labute approximate surface area is 109 Å². The molecule has 2 bridgehead atoms. The average Bonchev–Trinajstić information content (AvgIpc) is 2.94. The third-order valence-electron chi connectivity index (χ3n) is 3.79. The van der Waals surface area contributed by atoms with Crippen molar-refractivity contribution in [2.45, 2.75) is 24.9 Å². The van der Waals surface area contributed by atoms with E-state index in [1.807, 2.05) is 0 Å². The number of carbonyl (C=O) groups excluding carboxylic acids is 1. The Balaban J connectivity index is 1.71. The molecule has 2 fully saturated rings. The van der Waals surface area contributed by atoms with Gasteiger partial charge in [-0.1, -0.05) is 11.6 Å². The van der Waals surface area contributed by atoms with E-state index in [-0.39, 0.29) is 22.7 Å². The number of pyridine rings is 1. The number of hydrogen-bond acceptors (Lipinski definition) is 3. The largest absolute Gasteiger partial charge is 0.348 e. The quantitative estimate of drug-likeness (QED) is 0.731. The fraction of sp³-hybridized carbons (Fsp3) is 0.500. The monoisotopic (exact) mass is 267 g/mol. The van der Waals surface area contributed by atoms with Gasteiger partial charge in [0, 0.05) is 18.6 Å². The van der Waals surface area contributed by atoms with Gasteiger partial charge in [-0.15, -0.1) is 0 Å². The SMILES string of the molecule is O=C(NC1CC2CC1CN2)c1ccc(Cl)c(=O)[nH]1. The summed E-state index contributed by atoms with van der Waals surface area (Å²) in [4.78, 5) is 25.8. The normalized spacial score (nSPS) is 29.5. The number of fused-ring (bicyclic) bond motifs is 2. The molecule has 0 spiro atoms. The first-order valence-electron chi connectivity index (χ1n) is 6.06. The van der Waals surface area contributed by atoms with Crippen molar-refractivity contribution < 1.29 is 4.79 Å². The fourth-order valence-electron chi connectivity index (χ4n) is 2.85. The minimum absolute atomic E-state index is 0.0932. The summed E-state index contributed by atoms with van der Waals surface area (Å²) in [5, 5.41) is 6.46. The van der Waals surface area contributed by atoms with Gasteiger partial charge in [0.1, 0.15) is 10.7 Å². The van der Waals surface area contributed by atoms with E-state index >= 15 is 0 Å². The van der Waals surface area contributed by atoms with Gasteiger partial charge in [-0.25, -0.2) is 0 Å². The third kappa shape index (κ3) is 2.04. The number of carbonyl (C=O) groups is 1. The maximum Gasteiger partial charge on any atom is 0.268 e. The molecule has 1 amide bonds. The maximum absolute atomic E-state index is 12.0. The van der Waals surface area contributed by atoms with E-state index in [9.17, 15) is 9.59 Å². The van der Waals surface area contributed by atoms with Crippen molar-refractivity contribution in [3.8, 4) is 0 Å². The summed E-state index contributed by atoms with van der Waals surface area (Å²) in [5.41, 5.74) is -0.168. The standard InChI is InChI=1S/C12H14ClN3O2/c13-8-1-2-9(15-11(8)17)12(18)16-10-4-7-3-6(10)5-14-7/h1-2,6-7,10,14H,3-5H2,(H,15,17)(H,16,18). The van der Waals surface area contributed by atoms with E-state index < -0.39 is 5.56 Å². The Morgan fingerprint density at radius 3 is 2.83 bits per heavy atom. The smallest absolute Gasteiger partial charge is 0.268 e. The molecular weight excluding hydrogens is 254 g/mol. The van der Waals surface area contributed by atoms with Gasteiger partial charge < -0.3 is 15.6 Å². The predicted molar refractivity (Wildman–Crippen MR) is 67.8 cm³/mol. The van der Waals surface area contributed by atoms with Crippen molar-refractivity contribution in [1.82, 2.24) is 15.6 Å². The lowest BCUT2D eigenvalue weighted by Gasteiger charge is -2.23. The van der Waals surface area contributed by atoms with Crippen LogP contribution < -0.4 is 16.2 Å². The van der Waals surface area contributed by atoms with Crippen molar-refractivity contribution in [3.63, 3.8) is 0 Å². The fourth-order valence-corrected chi connectivity index (χ4v) is 2.96. The molecule has 18 heavy (non-hydrogen) atoms. The number of aromatic nitrogens is 1. The van der Waals surface area contributed by atoms with Crippen molar-refractivity contribution in [2.75, 3.05) is 6.54 Å². The number of H-pyrrole nitrogens is 1. The molecule has 1 aliphatic carbocycles. The van der Waals surface area contributed by atoms with Crippen LogP contribution in [0, 0.1) is 5.92 Å². The van der Waals surface area contributed by atoms with Crippen molar-refractivity contribution in [2.24, 2.45) is 5.92 Å². The molecule has 3 N–H and O–H groups in total. The first kappa shape index (κ1) is 11.7. The molecule has 3 atom stereocenters. The summed E-state index contributed by atoms with van der Waals surface area (Å²) in [6, 6.07) is 3.72. The summed E-state index contributed by atoms with van der Waals surface area (Å²) in [6.07, 6.45) is 2.09. The lowest BCUT2D eigenvalue weighted by molar-refractivity contribution is 0.0919. The molecule has 6 heteroatoms. The van der Waals surface area contributed by atoms with Gasteiger partial charge >= 0.3 is 0 Å². The van der Waals surface area contributed by atoms with Crippen LogP contribution in [0.15, 0.2) is 16.9 Å². The molecule has 1 aromatic rings. The van der Waals surface area contributed by atoms with Crippen LogP contribution in [0.2, 0.25) is 5.02 Å². The first-order valence-corrected chi connectivity index (χ1v) is 6.44. The third-order valence-corrected chi connectivity index (χ3v) is 4.08. The van der Waals surface area contributed by atoms with Crippen LogP contribution in [0.3, 0.4) is 0 Å². The highest BCUT2D eigenvalue weighted by molar-refractivity contribution is 6.30. The van der Waals surface area contributed by atoms with E-state index in [0.717, 1.165) is 19.4 Å². The summed E-state index contributed by atoms with van der Waals surface area (Å²) >= 11 is 5.62. The zero-order chi connectivity index (χ0) is 12.7. The van der Waals surface area contributed by atoms with Gasteiger partial charge in [-0.2, -0.15) is 0 Å². The van der Waals surface area contributed by atoms with Crippen LogP contribution in [0.1, 0.15) is 23.3 Å². The summed E-state index contributed by atoms with van der Waals surface area (Å²) in [6.45, 7) is 0.965. The second kappa shape index (κ2) is 4.40. The predicted octanol–water partition coefficient (Wildman–Crippen LogP) is 0.509. The summed E-state index contributed by atoms with van der Waals surface area (Å²) in [5.74, 6) is 0.277. The number of aromatic amines is 1. The minimum Gasteiger partial charge on any atom is -0.348 e. The van der Waals surface area contributed by atoms with Crippen LogP contribution in [-0.4, -0.2) is 29.5 Å². The van der Waals surface area contributed by atoms with Gasteiger partial charge in [0.2, 0.25) is 0 Å². The molecule has 2 heterocycles. The van der Waals surface area contributed by atoms with Crippen molar-refractivity contribution >= 4 is 17.5 Å². The van der Waals surface area contributed by atoms with Gasteiger partial charge in [-0.05, 0) is 30.9 Å². The van der Waals surface area contributed by atoms with E-state index in [4.69, 9.17) is 11.6 Å². The maximum atomic E-state index is 12.0. The van der Waals surface area contributed by atoms with Crippen LogP contribution in [0.5, 0.6) is 0 Å². The van der Waals surface area contributed by atoms with Gasteiger partial charge in [0.15, 0.2) is 0 Å². The Hall–Kier alpha value is -1.33. The second-order valence-electron chi connectivity index (χ2n) is 4.97. The number of piperidine rings is 1. The first-order chi connectivity index (χ1) is 8.63. The molecule has 0 radical (unpaired) electrons. The molecule has 1 saturated carbocycles. The average molecular weight is 268 g/mol. The Morgan fingerprint density at radius 1 is 1.39 bits per heavy atom. The highest BCUT2D eigenvalue weighted by atomic mass is 35.5. The zero-order valence-electron chi connectivity index (χ0n) is 9.70. The lowest BCUT2D eigenvalue weighted by atomic mass is 10.0. The number of halogens is 1. The second-order valence-corrected chi connectivity index (χ2v) is 5.37. The Kier molecular flexibility index (Phi) is 2.87.